The highest BCUT2D eigenvalue weighted by molar-refractivity contribution is 5.66. The van der Waals surface area contributed by atoms with Crippen molar-refractivity contribution in [3.63, 3.8) is 0 Å². The zero-order chi connectivity index (χ0) is 14.5. The molecule has 1 nitrogen and oxygen atoms in total. The molecule has 0 bridgehead atoms. The molecule has 1 aromatic carbocycles. The van der Waals surface area contributed by atoms with Crippen molar-refractivity contribution in [3.05, 3.63) is 53.9 Å². The maximum atomic E-state index is 4.59. The summed E-state index contributed by atoms with van der Waals surface area (Å²) < 4.78 is 0. The van der Waals surface area contributed by atoms with Crippen molar-refractivity contribution in [2.24, 2.45) is 11.8 Å². The molecule has 2 aromatic rings. The number of nitrogens with zero attached hydrogens (tertiary/aromatic N) is 1. The number of hydrogen-bond donors (Lipinski definition) is 0. The van der Waals surface area contributed by atoms with Gasteiger partial charge < -0.3 is 0 Å². The first-order chi connectivity index (χ1) is 9.56. The van der Waals surface area contributed by atoms with Gasteiger partial charge >= 0.3 is 0 Å². The molecule has 1 heteroatoms. The maximum Gasteiger partial charge on any atom is 0.0484 e. The van der Waals surface area contributed by atoms with Crippen LogP contribution in [0.15, 0.2) is 42.6 Å². The smallest absolute Gasteiger partial charge is 0.0484 e. The average molecular weight is 267 g/mol. The Bertz CT molecular complexity index is 555. The summed E-state index contributed by atoms with van der Waals surface area (Å²) >= 11 is 0. The Morgan fingerprint density at radius 2 is 1.65 bits per heavy atom. The highest BCUT2D eigenvalue weighted by Crippen LogP contribution is 2.25. The molecule has 0 radical (unpaired) electrons. The van der Waals surface area contributed by atoms with Crippen LogP contribution >= 0.6 is 0 Å². The Morgan fingerprint density at radius 3 is 2.35 bits per heavy atom. The second kappa shape index (κ2) is 6.69. The lowest BCUT2D eigenvalue weighted by molar-refractivity contribution is 0.636. The number of rotatable bonds is 5. The Kier molecular flexibility index (Phi) is 4.94. The zero-order valence-corrected chi connectivity index (χ0v) is 13.1. The third kappa shape index (κ3) is 3.93. The fraction of sp³-hybridized carbons (Fsp3) is 0.421. The van der Waals surface area contributed by atoms with Crippen molar-refractivity contribution in [2.75, 3.05) is 0 Å². The maximum absolute atomic E-state index is 4.59. The van der Waals surface area contributed by atoms with Crippen LogP contribution in [0.25, 0.3) is 11.1 Å². The van der Waals surface area contributed by atoms with Crippen LogP contribution in [0.1, 0.15) is 39.0 Å². The van der Waals surface area contributed by atoms with Crippen molar-refractivity contribution >= 4 is 0 Å². The van der Waals surface area contributed by atoms with E-state index in [-0.39, 0.29) is 0 Å². The van der Waals surface area contributed by atoms with Crippen molar-refractivity contribution in [1.29, 1.82) is 0 Å². The Morgan fingerprint density at radius 1 is 0.900 bits per heavy atom. The highest BCUT2D eigenvalue weighted by atomic mass is 14.7. The molecule has 0 saturated carbocycles. The molecule has 0 N–H and O–H groups in total. The molecule has 20 heavy (non-hydrogen) atoms. The number of benzene rings is 1. The van der Waals surface area contributed by atoms with E-state index in [4.69, 9.17) is 0 Å². The second-order valence-electron chi connectivity index (χ2n) is 6.39. The molecule has 0 spiro atoms. The largest absolute Gasteiger partial charge is 0.261 e. The first-order valence-corrected chi connectivity index (χ1v) is 7.59. The van der Waals surface area contributed by atoms with Gasteiger partial charge in [0.05, 0.1) is 0 Å². The lowest BCUT2D eigenvalue weighted by Gasteiger charge is -2.12. The van der Waals surface area contributed by atoms with Crippen LogP contribution in [0.5, 0.6) is 0 Å². The van der Waals surface area contributed by atoms with Crippen molar-refractivity contribution in [3.8, 4) is 11.1 Å². The predicted octanol–water partition coefficient (Wildman–Crippen LogP) is 5.15. The summed E-state index contributed by atoms with van der Waals surface area (Å²) in [5.74, 6) is 1.32. The molecule has 0 aliphatic rings. The summed E-state index contributed by atoms with van der Waals surface area (Å²) in [6.07, 6.45) is 4.07. The normalized spacial score (nSPS) is 11.3. The summed E-state index contributed by atoms with van der Waals surface area (Å²) in [7, 11) is 0. The Labute approximate surface area is 123 Å². The van der Waals surface area contributed by atoms with E-state index in [1.54, 1.807) is 0 Å². The lowest BCUT2D eigenvalue weighted by Crippen LogP contribution is -2.00. The summed E-state index contributed by atoms with van der Waals surface area (Å²) in [6.45, 7) is 9.02. The van der Waals surface area contributed by atoms with E-state index in [1.807, 2.05) is 12.3 Å². The Hall–Kier alpha value is -1.63. The topological polar surface area (TPSA) is 12.9 Å². The first kappa shape index (κ1) is 14.8. The quantitative estimate of drug-likeness (QED) is 0.730. The minimum Gasteiger partial charge on any atom is -0.261 e. The Balaban J connectivity index is 2.36. The van der Waals surface area contributed by atoms with E-state index in [9.17, 15) is 0 Å². The van der Waals surface area contributed by atoms with Gasteiger partial charge in [-0.25, -0.2) is 0 Å². The molecule has 0 aliphatic carbocycles. The lowest BCUT2D eigenvalue weighted by atomic mass is 9.95. The van der Waals surface area contributed by atoms with E-state index in [2.05, 4.69) is 63.0 Å². The van der Waals surface area contributed by atoms with E-state index in [0.29, 0.717) is 11.8 Å². The van der Waals surface area contributed by atoms with Crippen LogP contribution < -0.4 is 0 Å². The summed E-state index contributed by atoms with van der Waals surface area (Å²) in [5, 5.41) is 0. The van der Waals surface area contributed by atoms with Crippen molar-refractivity contribution in [2.45, 2.75) is 40.5 Å². The van der Waals surface area contributed by atoms with Crippen LogP contribution in [0, 0.1) is 11.8 Å². The van der Waals surface area contributed by atoms with Crippen molar-refractivity contribution in [1.82, 2.24) is 4.98 Å². The zero-order valence-electron chi connectivity index (χ0n) is 13.1. The molecule has 0 saturated heterocycles. The van der Waals surface area contributed by atoms with E-state index in [0.717, 1.165) is 12.8 Å². The predicted molar refractivity (Wildman–Crippen MR) is 86.8 cm³/mol. The average Bonchev–Trinajstić information content (AvgIpc) is 2.38. The van der Waals surface area contributed by atoms with Crippen LogP contribution in [0.3, 0.4) is 0 Å². The van der Waals surface area contributed by atoms with Gasteiger partial charge in [-0.05, 0) is 41.9 Å². The fourth-order valence-corrected chi connectivity index (χ4v) is 2.59. The van der Waals surface area contributed by atoms with Crippen molar-refractivity contribution < 1.29 is 0 Å². The number of aromatic nitrogens is 1. The van der Waals surface area contributed by atoms with Gasteiger partial charge in [-0.3, -0.25) is 4.98 Å². The number of hydrogen-bond acceptors (Lipinski definition) is 1. The first-order valence-electron chi connectivity index (χ1n) is 7.59. The monoisotopic (exact) mass is 267 g/mol. The molecule has 0 atom stereocenters. The van der Waals surface area contributed by atoms with E-state index >= 15 is 0 Å². The van der Waals surface area contributed by atoms with Gasteiger partial charge in [0.15, 0.2) is 0 Å². The summed E-state index contributed by atoms with van der Waals surface area (Å²) in [5.41, 5.74) is 5.21. The number of pyridine rings is 1. The van der Waals surface area contributed by atoms with Gasteiger partial charge in [0.25, 0.3) is 0 Å². The van der Waals surface area contributed by atoms with Gasteiger partial charge in [0.2, 0.25) is 0 Å². The standard InChI is InChI=1S/C19H25N/c1-14(2)11-16-7-5-8-17(13-16)18-9-6-10-20-19(18)12-15(3)4/h5-10,13-15H,11-12H2,1-4H3. The highest BCUT2D eigenvalue weighted by Gasteiger charge is 2.08. The minimum absolute atomic E-state index is 0.627. The molecule has 106 valence electrons. The fourth-order valence-electron chi connectivity index (χ4n) is 2.59. The molecule has 2 rings (SSSR count). The van der Waals surface area contributed by atoms with Crippen LogP contribution in [0.2, 0.25) is 0 Å². The molecular formula is C19H25N. The van der Waals surface area contributed by atoms with Gasteiger partial charge in [0, 0.05) is 17.5 Å². The van der Waals surface area contributed by atoms with Crippen LogP contribution in [0.4, 0.5) is 0 Å². The van der Waals surface area contributed by atoms with E-state index in [1.165, 1.54) is 22.4 Å². The summed E-state index contributed by atoms with van der Waals surface area (Å²) in [6, 6.07) is 13.1. The molecular weight excluding hydrogens is 242 g/mol. The SMILES string of the molecule is CC(C)Cc1cccc(-c2cccnc2CC(C)C)c1. The third-order valence-electron chi connectivity index (χ3n) is 3.37. The molecule has 0 fully saturated rings. The molecule has 1 aromatic heterocycles. The van der Waals surface area contributed by atoms with E-state index < -0.39 is 0 Å². The molecule has 0 amide bonds. The summed E-state index contributed by atoms with van der Waals surface area (Å²) in [4.78, 5) is 4.59. The van der Waals surface area contributed by atoms with Gasteiger partial charge in [-0.15, -0.1) is 0 Å². The minimum atomic E-state index is 0.627. The van der Waals surface area contributed by atoms with Gasteiger partial charge in [-0.2, -0.15) is 0 Å². The van der Waals surface area contributed by atoms with Gasteiger partial charge in [0.1, 0.15) is 0 Å². The molecule has 1 heterocycles. The second-order valence-corrected chi connectivity index (χ2v) is 6.39. The van der Waals surface area contributed by atoms with Crippen LogP contribution in [-0.4, -0.2) is 4.98 Å². The van der Waals surface area contributed by atoms with Gasteiger partial charge in [-0.1, -0.05) is 58.0 Å². The van der Waals surface area contributed by atoms with Crippen LogP contribution in [-0.2, 0) is 12.8 Å². The third-order valence-corrected chi connectivity index (χ3v) is 3.37. The molecule has 0 aliphatic heterocycles. The molecule has 0 unspecified atom stereocenters.